The molecule has 0 fully saturated rings. The summed E-state index contributed by atoms with van der Waals surface area (Å²) in [4.78, 5) is 27.9. The number of carbonyl (C=O) groups excluding carboxylic acids is 2. The first-order chi connectivity index (χ1) is 17.0. The maximum absolute atomic E-state index is 13.7. The standard InChI is InChI=1S/C25H32BrN3O6S/c1-5-36(32,33)29(21-10-11-22-23(14-21)35-13-12-34-22)16-24(30)28(18(4)25(31)27-17(2)3)15-19-6-8-20(26)9-7-19/h6-11,14,17-18H,5,12-13,15-16H2,1-4H3,(H,27,31)/t18-/m0/s1. The first-order valence-corrected chi connectivity index (χ1v) is 14.2. The number of hydrogen-bond donors (Lipinski definition) is 1. The molecule has 0 radical (unpaired) electrons. The Morgan fingerprint density at radius 3 is 2.28 bits per heavy atom. The lowest BCUT2D eigenvalue weighted by atomic mass is 10.1. The second-order valence-electron chi connectivity index (χ2n) is 8.72. The van der Waals surface area contributed by atoms with Crippen LogP contribution in [-0.4, -0.2) is 62.7 Å². The Hall–Kier alpha value is -2.79. The van der Waals surface area contributed by atoms with Gasteiger partial charge in [-0.2, -0.15) is 0 Å². The van der Waals surface area contributed by atoms with Gasteiger partial charge in [-0.05, 0) is 57.5 Å². The first-order valence-electron chi connectivity index (χ1n) is 11.8. The number of fused-ring (bicyclic) bond motifs is 1. The van der Waals surface area contributed by atoms with E-state index in [1.165, 1.54) is 11.8 Å². The predicted octanol–water partition coefficient (Wildman–Crippen LogP) is 3.32. The fourth-order valence-corrected chi connectivity index (χ4v) is 5.00. The van der Waals surface area contributed by atoms with E-state index in [0.29, 0.717) is 24.7 Å². The van der Waals surface area contributed by atoms with Gasteiger partial charge in [-0.15, -0.1) is 0 Å². The summed E-state index contributed by atoms with van der Waals surface area (Å²) in [6, 6.07) is 11.2. The van der Waals surface area contributed by atoms with Crippen molar-refractivity contribution in [1.82, 2.24) is 10.2 Å². The highest BCUT2D eigenvalue weighted by molar-refractivity contribution is 9.10. The van der Waals surface area contributed by atoms with Gasteiger partial charge in [0.05, 0.1) is 11.4 Å². The lowest BCUT2D eigenvalue weighted by Gasteiger charge is -2.32. The minimum absolute atomic E-state index is 0.112. The van der Waals surface area contributed by atoms with Crippen molar-refractivity contribution in [1.29, 1.82) is 0 Å². The molecule has 1 atom stereocenters. The van der Waals surface area contributed by atoms with Gasteiger partial charge in [0.1, 0.15) is 25.8 Å². The number of amides is 2. The van der Waals surface area contributed by atoms with E-state index in [0.717, 1.165) is 14.3 Å². The van der Waals surface area contributed by atoms with Crippen LogP contribution in [0, 0.1) is 0 Å². The number of hydrogen-bond acceptors (Lipinski definition) is 6. The third kappa shape index (κ3) is 6.91. The fraction of sp³-hybridized carbons (Fsp3) is 0.440. The largest absolute Gasteiger partial charge is 0.486 e. The second kappa shape index (κ2) is 12.0. The topological polar surface area (TPSA) is 105 Å². The van der Waals surface area contributed by atoms with Gasteiger partial charge >= 0.3 is 0 Å². The smallest absolute Gasteiger partial charge is 0.244 e. The fourth-order valence-electron chi connectivity index (χ4n) is 3.68. The molecule has 0 aromatic heterocycles. The van der Waals surface area contributed by atoms with E-state index in [9.17, 15) is 18.0 Å². The highest BCUT2D eigenvalue weighted by Gasteiger charge is 2.31. The average Bonchev–Trinajstić information content (AvgIpc) is 2.85. The summed E-state index contributed by atoms with van der Waals surface area (Å²) in [5.41, 5.74) is 1.09. The van der Waals surface area contributed by atoms with Crippen LogP contribution in [0.1, 0.15) is 33.3 Å². The van der Waals surface area contributed by atoms with E-state index in [1.807, 2.05) is 38.1 Å². The van der Waals surface area contributed by atoms with Gasteiger partial charge in [-0.3, -0.25) is 13.9 Å². The number of benzene rings is 2. The number of sulfonamides is 1. The van der Waals surface area contributed by atoms with Crippen LogP contribution in [0.25, 0.3) is 0 Å². The molecule has 0 saturated carbocycles. The van der Waals surface area contributed by atoms with Crippen LogP contribution < -0.4 is 19.1 Å². The zero-order valence-electron chi connectivity index (χ0n) is 20.9. The number of ether oxygens (including phenoxy) is 2. The normalized spacial score (nSPS) is 13.7. The van der Waals surface area contributed by atoms with Crippen molar-refractivity contribution < 1.29 is 27.5 Å². The van der Waals surface area contributed by atoms with E-state index < -0.39 is 28.5 Å². The van der Waals surface area contributed by atoms with E-state index in [4.69, 9.17) is 9.47 Å². The Balaban J connectivity index is 1.94. The molecule has 0 spiro atoms. The third-order valence-corrected chi connectivity index (χ3v) is 7.93. The number of nitrogens with one attached hydrogen (secondary N) is 1. The molecule has 196 valence electrons. The molecule has 2 aromatic rings. The average molecular weight is 583 g/mol. The van der Waals surface area contributed by atoms with Gasteiger partial charge in [-0.1, -0.05) is 28.1 Å². The lowest BCUT2D eigenvalue weighted by Crippen LogP contribution is -2.52. The number of halogens is 1. The number of carbonyl (C=O) groups is 2. The Morgan fingerprint density at radius 1 is 1.03 bits per heavy atom. The van der Waals surface area contributed by atoms with Gasteiger partial charge in [0.15, 0.2) is 11.5 Å². The third-order valence-electron chi connectivity index (χ3n) is 5.66. The molecule has 0 saturated heterocycles. The Morgan fingerprint density at radius 2 is 1.67 bits per heavy atom. The van der Waals surface area contributed by atoms with E-state index in [-0.39, 0.29) is 29.9 Å². The molecular formula is C25H32BrN3O6S. The minimum Gasteiger partial charge on any atom is -0.486 e. The van der Waals surface area contributed by atoms with Crippen molar-refractivity contribution in [2.75, 3.05) is 29.8 Å². The number of nitrogens with zero attached hydrogens (tertiary/aromatic N) is 2. The van der Waals surface area contributed by atoms with Crippen molar-refractivity contribution >= 4 is 43.5 Å². The lowest BCUT2D eigenvalue weighted by molar-refractivity contribution is -0.139. The van der Waals surface area contributed by atoms with Gasteiger partial charge in [0.25, 0.3) is 0 Å². The Bertz CT molecular complexity index is 1190. The van der Waals surface area contributed by atoms with Crippen LogP contribution in [0.4, 0.5) is 5.69 Å². The molecule has 0 aliphatic carbocycles. The van der Waals surface area contributed by atoms with E-state index in [1.54, 1.807) is 25.1 Å². The monoisotopic (exact) mass is 581 g/mol. The van der Waals surface area contributed by atoms with E-state index in [2.05, 4.69) is 21.2 Å². The summed E-state index contributed by atoms with van der Waals surface area (Å²) in [5, 5.41) is 2.83. The van der Waals surface area contributed by atoms with E-state index >= 15 is 0 Å². The summed E-state index contributed by atoms with van der Waals surface area (Å²) in [6.07, 6.45) is 0. The minimum atomic E-state index is -3.83. The summed E-state index contributed by atoms with van der Waals surface area (Å²) in [7, 11) is -3.83. The first kappa shape index (κ1) is 27.8. The molecular weight excluding hydrogens is 550 g/mol. The molecule has 2 aromatic carbocycles. The molecule has 1 aliphatic heterocycles. The van der Waals surface area contributed by atoms with Crippen LogP contribution in [0.15, 0.2) is 46.9 Å². The quantitative estimate of drug-likeness (QED) is 0.461. The second-order valence-corrected chi connectivity index (χ2v) is 11.8. The zero-order valence-corrected chi connectivity index (χ0v) is 23.3. The molecule has 1 aliphatic rings. The van der Waals surface area contributed by atoms with Crippen molar-refractivity contribution in [3.63, 3.8) is 0 Å². The molecule has 36 heavy (non-hydrogen) atoms. The molecule has 3 rings (SSSR count). The van der Waals surface area contributed by atoms with Crippen LogP contribution in [0.2, 0.25) is 0 Å². The molecule has 1 N–H and O–H groups in total. The summed E-state index contributed by atoms with van der Waals surface area (Å²) >= 11 is 3.40. The zero-order chi connectivity index (χ0) is 26.5. The number of anilines is 1. The number of rotatable bonds is 10. The molecule has 9 nitrogen and oxygen atoms in total. The van der Waals surface area contributed by atoms with Gasteiger partial charge in [0.2, 0.25) is 21.8 Å². The van der Waals surface area contributed by atoms with Crippen LogP contribution in [-0.2, 0) is 26.2 Å². The summed E-state index contributed by atoms with van der Waals surface area (Å²) in [6.45, 7) is 7.25. The van der Waals surface area contributed by atoms with Crippen molar-refractivity contribution in [2.45, 2.75) is 46.3 Å². The van der Waals surface area contributed by atoms with Crippen LogP contribution >= 0.6 is 15.9 Å². The molecule has 11 heteroatoms. The maximum Gasteiger partial charge on any atom is 0.244 e. The highest BCUT2D eigenvalue weighted by Crippen LogP contribution is 2.35. The van der Waals surface area contributed by atoms with Gasteiger partial charge in [0, 0.05) is 23.1 Å². The molecule has 0 bridgehead atoms. The van der Waals surface area contributed by atoms with Crippen LogP contribution in [0.5, 0.6) is 11.5 Å². The predicted molar refractivity (Wildman–Crippen MR) is 142 cm³/mol. The summed E-state index contributed by atoms with van der Waals surface area (Å²) < 4.78 is 39.2. The van der Waals surface area contributed by atoms with Crippen molar-refractivity contribution in [3.05, 3.63) is 52.5 Å². The summed E-state index contributed by atoms with van der Waals surface area (Å²) in [5.74, 6) is -0.0963. The molecule has 0 unspecified atom stereocenters. The SMILES string of the molecule is CCS(=O)(=O)N(CC(=O)N(Cc1ccc(Br)cc1)[C@@H](C)C(=O)NC(C)C)c1ccc2c(c1)OCCO2. The highest BCUT2D eigenvalue weighted by atomic mass is 79.9. The Kier molecular flexibility index (Phi) is 9.24. The van der Waals surface area contributed by atoms with Gasteiger partial charge in [-0.25, -0.2) is 8.42 Å². The molecule has 2 amide bonds. The van der Waals surface area contributed by atoms with Crippen molar-refractivity contribution in [3.8, 4) is 11.5 Å². The van der Waals surface area contributed by atoms with Gasteiger partial charge < -0.3 is 19.7 Å². The maximum atomic E-state index is 13.7. The van der Waals surface area contributed by atoms with Crippen molar-refractivity contribution in [2.24, 2.45) is 0 Å². The van der Waals surface area contributed by atoms with Crippen LogP contribution in [0.3, 0.4) is 0 Å². The molecule has 1 heterocycles. The Labute approximate surface area is 220 Å².